The number of aliphatic carboxylic acids is 2. The van der Waals surface area contributed by atoms with Crippen LogP contribution in [-0.4, -0.2) is 81.8 Å². The van der Waals surface area contributed by atoms with Crippen molar-refractivity contribution in [3.05, 3.63) is 0 Å². The zero-order valence-electron chi connectivity index (χ0n) is 17.2. The third-order valence-corrected chi connectivity index (χ3v) is 4.28. The van der Waals surface area contributed by atoms with Crippen molar-refractivity contribution in [2.45, 2.75) is 77.0 Å². The molecule has 0 heterocycles. The Morgan fingerprint density at radius 3 is 0.964 bits per heavy atom. The molecular formula is C20H41NO7. The van der Waals surface area contributed by atoms with Gasteiger partial charge in [0.2, 0.25) is 0 Å². The molecule has 0 aromatic carbocycles. The number of carboxylic acids is 2. The molecule has 0 unspecified atom stereocenters. The first kappa shape index (κ1) is 29.0. The molecule has 0 aliphatic carbocycles. The maximum absolute atomic E-state index is 10.3. The Labute approximate surface area is 169 Å². The lowest BCUT2D eigenvalue weighted by atomic mass is 10.1. The predicted molar refractivity (Wildman–Crippen MR) is 108 cm³/mol. The van der Waals surface area contributed by atoms with E-state index in [1.165, 1.54) is 25.7 Å². The summed E-state index contributed by atoms with van der Waals surface area (Å²) in [5, 5.41) is 42.4. The van der Waals surface area contributed by atoms with Gasteiger partial charge in [-0.1, -0.05) is 51.4 Å². The number of carboxylic acid groups (broad SMARTS) is 2. The van der Waals surface area contributed by atoms with Gasteiger partial charge in [-0.3, -0.25) is 14.5 Å². The molecule has 0 saturated carbocycles. The highest BCUT2D eigenvalue weighted by atomic mass is 16.4. The average molecular weight is 408 g/mol. The summed E-state index contributed by atoms with van der Waals surface area (Å²) in [5.74, 6) is -1.40. The zero-order chi connectivity index (χ0) is 21.5. The van der Waals surface area contributed by atoms with Crippen LogP contribution in [0.15, 0.2) is 0 Å². The van der Waals surface area contributed by atoms with Gasteiger partial charge in [0, 0.05) is 32.5 Å². The van der Waals surface area contributed by atoms with E-state index >= 15 is 0 Å². The summed E-state index contributed by atoms with van der Waals surface area (Å²) in [7, 11) is 0. The SMILES string of the molecule is O=C(O)CCCCCCCCCCCCC(=O)O.OCCN(CCO)CCO. The van der Waals surface area contributed by atoms with Crippen LogP contribution >= 0.6 is 0 Å². The number of hydrogen-bond donors (Lipinski definition) is 5. The number of rotatable bonds is 19. The number of carbonyl (C=O) groups is 2. The van der Waals surface area contributed by atoms with Gasteiger partial charge >= 0.3 is 11.9 Å². The Bertz CT molecular complexity index is 315. The molecule has 5 N–H and O–H groups in total. The normalized spacial score (nSPS) is 10.6. The fourth-order valence-electron chi connectivity index (χ4n) is 2.73. The lowest BCUT2D eigenvalue weighted by molar-refractivity contribution is -0.138. The highest BCUT2D eigenvalue weighted by Gasteiger charge is 2.00. The molecule has 168 valence electrons. The van der Waals surface area contributed by atoms with Crippen molar-refractivity contribution in [2.75, 3.05) is 39.5 Å². The standard InChI is InChI=1S/C14H26O4.C6H15NO3/c15-13(16)11-9-7-5-3-1-2-4-6-8-10-12-14(17)18;8-4-1-7(2-5-9)3-6-10/h1-12H2,(H,15,16)(H,17,18);8-10H,1-6H2. The second-order valence-corrected chi connectivity index (χ2v) is 6.84. The highest BCUT2D eigenvalue weighted by Crippen LogP contribution is 2.11. The minimum Gasteiger partial charge on any atom is -0.481 e. The van der Waals surface area contributed by atoms with E-state index in [9.17, 15) is 9.59 Å². The lowest BCUT2D eigenvalue weighted by Crippen LogP contribution is -2.32. The molecule has 0 amide bonds. The molecule has 28 heavy (non-hydrogen) atoms. The number of nitrogens with zero attached hydrogens (tertiary/aromatic N) is 1. The van der Waals surface area contributed by atoms with Crippen LogP contribution in [0, 0.1) is 0 Å². The monoisotopic (exact) mass is 407 g/mol. The Kier molecular flexibility index (Phi) is 24.7. The fourth-order valence-corrected chi connectivity index (χ4v) is 2.73. The zero-order valence-corrected chi connectivity index (χ0v) is 17.2. The Morgan fingerprint density at radius 2 is 0.750 bits per heavy atom. The van der Waals surface area contributed by atoms with Crippen LogP contribution in [0.2, 0.25) is 0 Å². The minimum atomic E-state index is -0.698. The van der Waals surface area contributed by atoms with Crippen LogP contribution in [0.25, 0.3) is 0 Å². The smallest absolute Gasteiger partial charge is 0.303 e. The van der Waals surface area contributed by atoms with Gasteiger partial charge in [0.05, 0.1) is 19.8 Å². The molecule has 0 spiro atoms. The Morgan fingerprint density at radius 1 is 0.500 bits per heavy atom. The Balaban J connectivity index is 0. The van der Waals surface area contributed by atoms with Crippen molar-refractivity contribution in [1.82, 2.24) is 4.90 Å². The second-order valence-electron chi connectivity index (χ2n) is 6.84. The summed E-state index contributed by atoms with van der Waals surface area (Å²) in [6.07, 6.45) is 11.3. The van der Waals surface area contributed by atoms with Crippen LogP contribution in [-0.2, 0) is 9.59 Å². The molecule has 0 radical (unpaired) electrons. The van der Waals surface area contributed by atoms with E-state index < -0.39 is 11.9 Å². The van der Waals surface area contributed by atoms with Gasteiger partial charge in [0.25, 0.3) is 0 Å². The minimum absolute atomic E-state index is 0.0694. The van der Waals surface area contributed by atoms with Gasteiger partial charge in [-0.25, -0.2) is 0 Å². The van der Waals surface area contributed by atoms with E-state index in [0.717, 1.165) is 38.5 Å². The van der Waals surface area contributed by atoms with Crippen molar-refractivity contribution in [3.63, 3.8) is 0 Å². The molecule has 0 rings (SSSR count). The Hall–Kier alpha value is -1.22. The van der Waals surface area contributed by atoms with Gasteiger partial charge in [0.15, 0.2) is 0 Å². The van der Waals surface area contributed by atoms with E-state index in [4.69, 9.17) is 25.5 Å². The maximum atomic E-state index is 10.3. The van der Waals surface area contributed by atoms with Gasteiger partial charge in [-0.15, -0.1) is 0 Å². The number of unbranched alkanes of at least 4 members (excludes halogenated alkanes) is 9. The summed E-state index contributed by atoms with van der Waals surface area (Å²) >= 11 is 0. The lowest BCUT2D eigenvalue weighted by Gasteiger charge is -2.17. The predicted octanol–water partition coefficient (Wildman–Crippen LogP) is 2.10. The summed E-state index contributed by atoms with van der Waals surface area (Å²) in [4.78, 5) is 22.3. The topological polar surface area (TPSA) is 139 Å². The molecule has 0 aromatic heterocycles. The first-order chi connectivity index (χ1) is 13.5. The fraction of sp³-hybridized carbons (Fsp3) is 0.900. The van der Waals surface area contributed by atoms with E-state index in [1.807, 2.05) is 0 Å². The molecule has 0 fully saturated rings. The van der Waals surface area contributed by atoms with E-state index in [-0.39, 0.29) is 19.8 Å². The number of hydrogen-bond acceptors (Lipinski definition) is 6. The van der Waals surface area contributed by atoms with Gasteiger partial charge in [0.1, 0.15) is 0 Å². The third-order valence-electron chi connectivity index (χ3n) is 4.28. The molecule has 0 saturated heterocycles. The number of aliphatic hydroxyl groups is 3. The summed E-state index contributed by atoms with van der Waals surface area (Å²) in [6.45, 7) is 1.75. The summed E-state index contributed by atoms with van der Waals surface area (Å²) in [6, 6.07) is 0. The summed E-state index contributed by atoms with van der Waals surface area (Å²) in [5.41, 5.74) is 0. The molecule has 0 aliphatic rings. The van der Waals surface area contributed by atoms with Gasteiger partial charge in [-0.2, -0.15) is 0 Å². The third kappa shape index (κ3) is 27.0. The molecule has 0 atom stereocenters. The molecule has 0 aromatic rings. The number of aliphatic hydroxyl groups excluding tert-OH is 3. The van der Waals surface area contributed by atoms with Crippen LogP contribution in [0.4, 0.5) is 0 Å². The van der Waals surface area contributed by atoms with E-state index in [0.29, 0.717) is 32.5 Å². The van der Waals surface area contributed by atoms with Crippen molar-refractivity contribution in [1.29, 1.82) is 0 Å². The molecule has 0 aliphatic heterocycles. The van der Waals surface area contributed by atoms with Gasteiger partial charge in [-0.05, 0) is 12.8 Å². The second kappa shape index (κ2) is 23.8. The van der Waals surface area contributed by atoms with Gasteiger partial charge < -0.3 is 25.5 Å². The van der Waals surface area contributed by atoms with Crippen molar-refractivity contribution >= 4 is 11.9 Å². The summed E-state index contributed by atoms with van der Waals surface area (Å²) < 4.78 is 0. The molecule has 8 nitrogen and oxygen atoms in total. The molecule has 8 heteroatoms. The van der Waals surface area contributed by atoms with Crippen LogP contribution in [0.3, 0.4) is 0 Å². The van der Waals surface area contributed by atoms with Crippen molar-refractivity contribution in [3.8, 4) is 0 Å². The molecular weight excluding hydrogens is 366 g/mol. The largest absolute Gasteiger partial charge is 0.481 e. The van der Waals surface area contributed by atoms with Crippen LogP contribution < -0.4 is 0 Å². The first-order valence-electron chi connectivity index (χ1n) is 10.5. The van der Waals surface area contributed by atoms with Crippen LogP contribution in [0.5, 0.6) is 0 Å². The quantitative estimate of drug-likeness (QED) is 0.205. The highest BCUT2D eigenvalue weighted by molar-refractivity contribution is 5.66. The van der Waals surface area contributed by atoms with Crippen molar-refractivity contribution in [2.24, 2.45) is 0 Å². The molecule has 0 bridgehead atoms. The maximum Gasteiger partial charge on any atom is 0.303 e. The van der Waals surface area contributed by atoms with Crippen LogP contribution in [0.1, 0.15) is 77.0 Å². The van der Waals surface area contributed by atoms with E-state index in [2.05, 4.69) is 0 Å². The average Bonchev–Trinajstić information content (AvgIpc) is 2.63. The van der Waals surface area contributed by atoms with Crippen molar-refractivity contribution < 1.29 is 35.1 Å². The van der Waals surface area contributed by atoms with E-state index in [1.54, 1.807) is 4.90 Å². The first-order valence-corrected chi connectivity index (χ1v) is 10.5.